The molecule has 0 aliphatic carbocycles. The lowest BCUT2D eigenvalue weighted by Gasteiger charge is -2.06. The van der Waals surface area contributed by atoms with E-state index in [1.165, 1.54) is 11.8 Å². The molecule has 0 spiro atoms. The van der Waals surface area contributed by atoms with E-state index < -0.39 is 0 Å². The van der Waals surface area contributed by atoms with Gasteiger partial charge < -0.3 is 9.30 Å². The molecule has 0 atom stereocenters. The first-order valence-electron chi connectivity index (χ1n) is 9.03. The quantitative estimate of drug-likeness (QED) is 0.271. The number of benzene rings is 2. The first-order chi connectivity index (χ1) is 13.8. The molecule has 28 heavy (non-hydrogen) atoms. The molecule has 0 aliphatic rings. The lowest BCUT2D eigenvalue weighted by Crippen LogP contribution is -2.06. The van der Waals surface area contributed by atoms with Gasteiger partial charge in [0.25, 0.3) is 0 Å². The van der Waals surface area contributed by atoms with Gasteiger partial charge in [-0.25, -0.2) is 9.97 Å². The third-order valence-electron chi connectivity index (χ3n) is 4.30. The van der Waals surface area contributed by atoms with Crippen LogP contribution in [0.5, 0.6) is 0 Å². The van der Waals surface area contributed by atoms with Crippen LogP contribution in [-0.2, 0) is 9.53 Å². The van der Waals surface area contributed by atoms with Crippen LogP contribution in [0.4, 0.5) is 0 Å². The minimum atomic E-state index is -0.247. The Morgan fingerprint density at radius 1 is 1.04 bits per heavy atom. The molecule has 2 aromatic heterocycles. The molecule has 4 aromatic rings. The topological polar surface area (TPSA) is 57.0 Å². The smallest absolute Gasteiger partial charge is 0.316 e. The Balaban J connectivity index is 1.87. The number of nitrogens with zero attached hydrogens (tertiary/aromatic N) is 3. The fourth-order valence-electron chi connectivity index (χ4n) is 3.10. The Bertz CT molecular complexity index is 1090. The maximum atomic E-state index is 11.8. The number of fused-ring (bicyclic) bond motifs is 1. The van der Waals surface area contributed by atoms with Crippen molar-refractivity contribution in [3.8, 4) is 16.8 Å². The molecule has 2 heterocycles. The number of thioether (sulfide) groups is 1. The van der Waals surface area contributed by atoms with Gasteiger partial charge in [0.1, 0.15) is 17.0 Å². The number of aromatic nitrogens is 3. The highest BCUT2D eigenvalue weighted by molar-refractivity contribution is 8.00. The summed E-state index contributed by atoms with van der Waals surface area (Å²) >= 11 is 1.38. The second kappa shape index (κ2) is 8.27. The summed E-state index contributed by atoms with van der Waals surface area (Å²) in [5, 5.41) is 1.71. The van der Waals surface area contributed by atoms with Gasteiger partial charge in [-0.15, -0.1) is 0 Å². The van der Waals surface area contributed by atoms with Crippen LogP contribution in [0, 0.1) is 0 Å². The van der Waals surface area contributed by atoms with Gasteiger partial charge in [0.15, 0.2) is 0 Å². The summed E-state index contributed by atoms with van der Waals surface area (Å²) in [4.78, 5) is 20.9. The van der Waals surface area contributed by atoms with Crippen LogP contribution >= 0.6 is 11.8 Å². The number of para-hydroxylation sites is 1. The van der Waals surface area contributed by atoms with Crippen molar-refractivity contribution in [1.29, 1.82) is 0 Å². The summed E-state index contributed by atoms with van der Waals surface area (Å²) in [6.07, 6.45) is 3.63. The third-order valence-corrected chi connectivity index (χ3v) is 5.26. The molecule has 4 rings (SSSR count). The summed E-state index contributed by atoms with van der Waals surface area (Å²) in [5.74, 6) is -0.0342. The van der Waals surface area contributed by atoms with Gasteiger partial charge in [0, 0.05) is 17.4 Å². The van der Waals surface area contributed by atoms with E-state index in [1.54, 1.807) is 13.3 Å². The molecule has 0 fully saturated rings. The van der Waals surface area contributed by atoms with Crippen molar-refractivity contribution in [3.05, 3.63) is 73.2 Å². The number of rotatable bonds is 6. The van der Waals surface area contributed by atoms with Crippen LogP contribution in [0.15, 0.2) is 78.2 Å². The molecule has 0 N–H and O–H groups in total. The Morgan fingerprint density at radius 3 is 2.46 bits per heavy atom. The van der Waals surface area contributed by atoms with Crippen molar-refractivity contribution in [3.63, 3.8) is 0 Å². The van der Waals surface area contributed by atoms with Crippen molar-refractivity contribution >= 4 is 28.8 Å². The van der Waals surface area contributed by atoms with Crippen LogP contribution in [0.25, 0.3) is 27.8 Å². The van der Waals surface area contributed by atoms with Crippen molar-refractivity contribution in [1.82, 2.24) is 14.5 Å². The normalized spacial score (nSPS) is 10.9. The highest BCUT2D eigenvalue weighted by atomic mass is 32.2. The zero-order valence-electron chi connectivity index (χ0n) is 15.4. The Morgan fingerprint density at radius 2 is 1.75 bits per heavy atom. The summed E-state index contributed by atoms with van der Waals surface area (Å²) in [5.41, 5.74) is 3.95. The molecule has 5 nitrogen and oxygen atoms in total. The van der Waals surface area contributed by atoms with Gasteiger partial charge in [-0.05, 0) is 24.6 Å². The molecule has 0 saturated heterocycles. The molecular weight excluding hydrogens is 370 g/mol. The van der Waals surface area contributed by atoms with Crippen LogP contribution in [-0.4, -0.2) is 32.9 Å². The number of hydrogen-bond donors (Lipinski definition) is 0. The van der Waals surface area contributed by atoms with E-state index in [0.717, 1.165) is 32.9 Å². The van der Waals surface area contributed by atoms with Gasteiger partial charge in [0.05, 0.1) is 17.7 Å². The van der Waals surface area contributed by atoms with E-state index in [-0.39, 0.29) is 11.7 Å². The summed E-state index contributed by atoms with van der Waals surface area (Å²) in [7, 11) is 0. The Kier molecular flexibility index (Phi) is 5.39. The third kappa shape index (κ3) is 3.64. The fourth-order valence-corrected chi connectivity index (χ4v) is 3.90. The molecule has 0 saturated carbocycles. The molecular formula is C22H19N3O2S. The fraction of sp³-hybridized carbons (Fsp3) is 0.136. The van der Waals surface area contributed by atoms with Crippen LogP contribution in [0.2, 0.25) is 0 Å². The monoisotopic (exact) mass is 389 g/mol. The van der Waals surface area contributed by atoms with Crippen molar-refractivity contribution in [2.24, 2.45) is 0 Å². The molecule has 0 radical (unpaired) electrons. The summed E-state index contributed by atoms with van der Waals surface area (Å²) < 4.78 is 7.12. The predicted octanol–water partition coefficient (Wildman–Crippen LogP) is 4.74. The largest absolute Gasteiger partial charge is 0.465 e. The number of hydrogen-bond acceptors (Lipinski definition) is 5. The van der Waals surface area contributed by atoms with E-state index in [4.69, 9.17) is 4.74 Å². The molecule has 2 aromatic carbocycles. The zero-order valence-corrected chi connectivity index (χ0v) is 16.2. The first kappa shape index (κ1) is 18.3. The summed E-state index contributed by atoms with van der Waals surface area (Å²) in [6, 6.07) is 20.2. The molecule has 0 unspecified atom stereocenters. The van der Waals surface area contributed by atoms with E-state index in [2.05, 4.69) is 32.9 Å². The van der Waals surface area contributed by atoms with Gasteiger partial charge >= 0.3 is 5.97 Å². The van der Waals surface area contributed by atoms with Gasteiger partial charge in [-0.1, -0.05) is 60.3 Å². The van der Waals surface area contributed by atoms with Gasteiger partial charge in [0.2, 0.25) is 0 Å². The molecule has 140 valence electrons. The maximum Gasteiger partial charge on any atom is 0.316 e. The van der Waals surface area contributed by atoms with E-state index >= 15 is 0 Å². The van der Waals surface area contributed by atoms with Crippen LogP contribution in [0.1, 0.15) is 6.92 Å². The second-order valence-corrected chi connectivity index (χ2v) is 7.05. The van der Waals surface area contributed by atoms with E-state index in [1.807, 2.05) is 48.5 Å². The average molecular weight is 389 g/mol. The lowest BCUT2D eigenvalue weighted by molar-refractivity contribution is -0.139. The average Bonchev–Trinajstić information content (AvgIpc) is 3.14. The SMILES string of the molecule is CCOC(=O)CSc1ncnc2c1c(-c1ccccc1)cn2-c1ccccc1. The Labute approximate surface area is 167 Å². The molecule has 0 aliphatic heterocycles. The van der Waals surface area contributed by atoms with Gasteiger partial charge in [-0.3, -0.25) is 4.79 Å². The summed E-state index contributed by atoms with van der Waals surface area (Å²) in [6.45, 7) is 2.18. The predicted molar refractivity (Wildman–Crippen MR) is 112 cm³/mol. The number of ether oxygens (including phenoxy) is 1. The minimum Gasteiger partial charge on any atom is -0.465 e. The van der Waals surface area contributed by atoms with Crippen LogP contribution in [0.3, 0.4) is 0 Å². The van der Waals surface area contributed by atoms with Crippen LogP contribution < -0.4 is 0 Å². The van der Waals surface area contributed by atoms with Gasteiger partial charge in [-0.2, -0.15) is 0 Å². The second-order valence-electron chi connectivity index (χ2n) is 6.09. The lowest BCUT2D eigenvalue weighted by atomic mass is 10.1. The minimum absolute atomic E-state index is 0.213. The molecule has 6 heteroatoms. The van der Waals surface area contributed by atoms with E-state index in [9.17, 15) is 4.79 Å². The highest BCUT2D eigenvalue weighted by Gasteiger charge is 2.18. The molecule has 0 bridgehead atoms. The van der Waals surface area contributed by atoms with Crippen molar-refractivity contribution < 1.29 is 9.53 Å². The number of esters is 1. The van der Waals surface area contributed by atoms with Crippen molar-refractivity contribution in [2.75, 3.05) is 12.4 Å². The Hall–Kier alpha value is -3.12. The zero-order chi connectivity index (χ0) is 19.3. The van der Waals surface area contributed by atoms with Crippen molar-refractivity contribution in [2.45, 2.75) is 11.9 Å². The first-order valence-corrected chi connectivity index (χ1v) is 10.0. The maximum absolute atomic E-state index is 11.8. The number of carbonyl (C=O) groups excluding carboxylic acids is 1. The highest BCUT2D eigenvalue weighted by Crippen LogP contribution is 2.36. The molecule has 0 amide bonds. The number of carbonyl (C=O) groups is 1. The van der Waals surface area contributed by atoms with E-state index in [0.29, 0.717) is 6.61 Å². The standard InChI is InChI=1S/C22H19N3O2S/c1-2-27-19(26)14-28-22-20-18(16-9-5-3-6-10-16)13-25(21(20)23-15-24-22)17-11-7-4-8-12-17/h3-13,15H,2,14H2,1H3.